The zero-order valence-electron chi connectivity index (χ0n) is 11.6. The van der Waals surface area contributed by atoms with Gasteiger partial charge < -0.3 is 14.6 Å². The molecule has 1 aliphatic heterocycles. The van der Waals surface area contributed by atoms with Crippen LogP contribution in [0.2, 0.25) is 0 Å². The molecular weight excluding hydrogens is 244 g/mol. The lowest BCUT2D eigenvalue weighted by atomic mass is 9.94. The van der Waals surface area contributed by atoms with Gasteiger partial charge in [-0.15, -0.1) is 0 Å². The Hall–Kier alpha value is -1.68. The molecule has 1 aliphatic rings. The number of aliphatic hydroxyl groups excluding tert-OH is 1. The van der Waals surface area contributed by atoms with E-state index < -0.39 is 12.3 Å². The third-order valence-electron chi connectivity index (χ3n) is 3.17. The second kappa shape index (κ2) is 6.48. The van der Waals surface area contributed by atoms with Gasteiger partial charge in [0.1, 0.15) is 5.78 Å². The molecule has 4 heteroatoms. The van der Waals surface area contributed by atoms with E-state index in [0.29, 0.717) is 24.0 Å². The molecule has 1 rings (SSSR count). The standard InChI is InChI=1S/C15H20O4/c1-9(2)12(6-5-10(3)16)7-8-13-11(4)14(17)19-15(13)18/h7-8,12,14,17H,1,5-6H2,2-4H3. The molecule has 0 aromatic heterocycles. The quantitative estimate of drug-likeness (QED) is 0.590. The van der Waals surface area contributed by atoms with Crippen LogP contribution in [0.25, 0.3) is 0 Å². The maximum absolute atomic E-state index is 11.5. The highest BCUT2D eigenvalue weighted by atomic mass is 16.6. The Morgan fingerprint density at radius 1 is 1.53 bits per heavy atom. The molecule has 2 unspecified atom stereocenters. The summed E-state index contributed by atoms with van der Waals surface area (Å²) in [5.41, 5.74) is 1.82. The first kappa shape index (κ1) is 15.4. The molecule has 0 aromatic carbocycles. The number of carbonyl (C=O) groups excluding carboxylic acids is 2. The fourth-order valence-corrected chi connectivity index (χ4v) is 1.82. The number of esters is 1. The van der Waals surface area contributed by atoms with Gasteiger partial charge in [-0.05, 0) is 33.1 Å². The van der Waals surface area contributed by atoms with Crippen LogP contribution in [0.15, 0.2) is 35.5 Å². The van der Waals surface area contributed by atoms with Gasteiger partial charge >= 0.3 is 5.97 Å². The van der Waals surface area contributed by atoms with E-state index in [9.17, 15) is 14.7 Å². The van der Waals surface area contributed by atoms with E-state index in [-0.39, 0.29) is 11.7 Å². The van der Waals surface area contributed by atoms with E-state index in [4.69, 9.17) is 4.74 Å². The normalized spacial score (nSPS) is 20.8. The van der Waals surface area contributed by atoms with Crippen LogP contribution in [-0.4, -0.2) is 23.1 Å². The molecule has 1 heterocycles. The van der Waals surface area contributed by atoms with Crippen LogP contribution < -0.4 is 0 Å². The van der Waals surface area contributed by atoms with Crippen molar-refractivity contribution in [3.8, 4) is 0 Å². The van der Waals surface area contributed by atoms with Gasteiger partial charge in [-0.25, -0.2) is 4.79 Å². The van der Waals surface area contributed by atoms with E-state index in [2.05, 4.69) is 6.58 Å². The number of Topliss-reactive ketones (excluding diaryl/α,β-unsaturated/α-hetero) is 1. The Labute approximate surface area is 113 Å². The number of allylic oxidation sites excluding steroid dienone is 2. The van der Waals surface area contributed by atoms with E-state index in [0.717, 1.165) is 5.57 Å². The van der Waals surface area contributed by atoms with E-state index in [1.54, 1.807) is 19.9 Å². The third-order valence-corrected chi connectivity index (χ3v) is 3.17. The van der Waals surface area contributed by atoms with Crippen LogP contribution in [0.3, 0.4) is 0 Å². The highest BCUT2D eigenvalue weighted by Gasteiger charge is 2.27. The van der Waals surface area contributed by atoms with Crippen LogP contribution in [0.1, 0.15) is 33.6 Å². The lowest BCUT2D eigenvalue weighted by Gasteiger charge is -2.11. The number of ether oxygens (including phenoxy) is 1. The average molecular weight is 264 g/mol. The first-order valence-electron chi connectivity index (χ1n) is 6.25. The molecule has 0 amide bonds. The molecule has 0 spiro atoms. The van der Waals surface area contributed by atoms with Gasteiger partial charge in [0.15, 0.2) is 0 Å². The van der Waals surface area contributed by atoms with Crippen molar-refractivity contribution in [2.24, 2.45) is 5.92 Å². The molecule has 0 radical (unpaired) electrons. The van der Waals surface area contributed by atoms with Gasteiger partial charge in [0, 0.05) is 12.0 Å². The molecule has 0 bridgehead atoms. The van der Waals surface area contributed by atoms with Gasteiger partial charge in [-0.3, -0.25) is 0 Å². The molecule has 0 fully saturated rings. The van der Waals surface area contributed by atoms with E-state index in [1.807, 2.05) is 13.0 Å². The van der Waals surface area contributed by atoms with Crippen LogP contribution >= 0.6 is 0 Å². The third kappa shape index (κ3) is 4.17. The Morgan fingerprint density at radius 2 is 2.16 bits per heavy atom. The summed E-state index contributed by atoms with van der Waals surface area (Å²) in [4.78, 5) is 22.5. The predicted octanol–water partition coefficient (Wildman–Crippen LogP) is 2.30. The summed E-state index contributed by atoms with van der Waals surface area (Å²) in [6.45, 7) is 8.98. The van der Waals surface area contributed by atoms with Crippen LogP contribution in [-0.2, 0) is 14.3 Å². The van der Waals surface area contributed by atoms with Gasteiger partial charge in [-0.1, -0.05) is 24.3 Å². The van der Waals surface area contributed by atoms with Gasteiger partial charge in [0.25, 0.3) is 0 Å². The topological polar surface area (TPSA) is 63.6 Å². The Morgan fingerprint density at radius 3 is 2.58 bits per heavy atom. The molecule has 2 atom stereocenters. The molecular formula is C15H20O4. The van der Waals surface area contributed by atoms with Crippen molar-refractivity contribution >= 4 is 11.8 Å². The smallest absolute Gasteiger partial charge is 0.340 e. The lowest BCUT2D eigenvalue weighted by Crippen LogP contribution is -2.08. The van der Waals surface area contributed by atoms with Crippen LogP contribution in [0, 0.1) is 5.92 Å². The second-order valence-corrected chi connectivity index (χ2v) is 4.91. The Balaban J connectivity index is 2.79. The number of hydrogen-bond acceptors (Lipinski definition) is 4. The molecule has 19 heavy (non-hydrogen) atoms. The van der Waals surface area contributed by atoms with E-state index in [1.165, 1.54) is 0 Å². The van der Waals surface area contributed by atoms with Crippen molar-refractivity contribution in [3.05, 3.63) is 35.5 Å². The summed E-state index contributed by atoms with van der Waals surface area (Å²) >= 11 is 0. The fraction of sp³-hybridized carbons (Fsp3) is 0.467. The number of aliphatic hydroxyl groups is 1. The minimum Gasteiger partial charge on any atom is -0.428 e. The Kier molecular flexibility index (Phi) is 5.24. The molecule has 0 aliphatic carbocycles. The van der Waals surface area contributed by atoms with Crippen LogP contribution in [0.4, 0.5) is 0 Å². The summed E-state index contributed by atoms with van der Waals surface area (Å²) in [5.74, 6) is -0.353. The molecule has 0 aromatic rings. The van der Waals surface area contributed by atoms with Crippen molar-refractivity contribution in [2.45, 2.75) is 39.9 Å². The monoisotopic (exact) mass is 264 g/mol. The minimum atomic E-state index is -1.15. The molecule has 0 saturated heterocycles. The zero-order valence-corrected chi connectivity index (χ0v) is 11.6. The highest BCUT2D eigenvalue weighted by molar-refractivity contribution is 5.94. The van der Waals surface area contributed by atoms with E-state index >= 15 is 0 Å². The molecule has 104 valence electrons. The zero-order chi connectivity index (χ0) is 14.6. The largest absolute Gasteiger partial charge is 0.428 e. The summed E-state index contributed by atoms with van der Waals surface area (Å²) in [7, 11) is 0. The molecule has 1 N–H and O–H groups in total. The predicted molar refractivity (Wildman–Crippen MR) is 72.2 cm³/mol. The average Bonchev–Trinajstić information content (AvgIpc) is 2.54. The van der Waals surface area contributed by atoms with Gasteiger partial charge in [0.2, 0.25) is 6.29 Å². The number of cyclic esters (lactones) is 1. The van der Waals surface area contributed by atoms with Crippen molar-refractivity contribution in [1.82, 2.24) is 0 Å². The lowest BCUT2D eigenvalue weighted by molar-refractivity contribution is -0.151. The second-order valence-electron chi connectivity index (χ2n) is 4.91. The van der Waals surface area contributed by atoms with Crippen molar-refractivity contribution < 1.29 is 19.4 Å². The Bertz CT molecular complexity index is 457. The van der Waals surface area contributed by atoms with Crippen LogP contribution in [0.5, 0.6) is 0 Å². The summed E-state index contributed by atoms with van der Waals surface area (Å²) in [6.07, 6.45) is 3.49. The first-order valence-corrected chi connectivity index (χ1v) is 6.25. The maximum Gasteiger partial charge on any atom is 0.340 e. The summed E-state index contributed by atoms with van der Waals surface area (Å²) < 4.78 is 4.69. The van der Waals surface area contributed by atoms with Crippen molar-refractivity contribution in [2.75, 3.05) is 0 Å². The molecule has 0 saturated carbocycles. The minimum absolute atomic E-state index is 0.0368. The van der Waals surface area contributed by atoms with Crippen molar-refractivity contribution in [1.29, 1.82) is 0 Å². The summed E-state index contributed by atoms with van der Waals surface area (Å²) in [5, 5.41) is 9.39. The SMILES string of the molecule is C=C(C)C(C=CC1=C(C)C(O)OC1=O)CCC(C)=O. The highest BCUT2D eigenvalue weighted by Crippen LogP contribution is 2.24. The number of ketones is 1. The number of carbonyl (C=O) groups is 2. The van der Waals surface area contributed by atoms with Gasteiger partial charge in [-0.2, -0.15) is 0 Å². The number of rotatable bonds is 6. The fourth-order valence-electron chi connectivity index (χ4n) is 1.82. The van der Waals surface area contributed by atoms with Gasteiger partial charge in [0.05, 0.1) is 5.57 Å². The first-order chi connectivity index (χ1) is 8.82. The maximum atomic E-state index is 11.5. The summed E-state index contributed by atoms with van der Waals surface area (Å²) in [6, 6.07) is 0. The number of hydrogen-bond donors (Lipinski definition) is 1. The molecule has 4 nitrogen and oxygen atoms in total. The van der Waals surface area contributed by atoms with Crippen molar-refractivity contribution in [3.63, 3.8) is 0 Å².